The number of nitrogens with zero attached hydrogens (tertiary/aromatic N) is 3. The predicted octanol–water partition coefficient (Wildman–Crippen LogP) is 3.32. The number of hydrogen-bond donors (Lipinski definition) is 1. The number of benzene rings is 1. The molecule has 1 aliphatic heterocycles. The molecule has 3 aromatic rings. The molecule has 0 bridgehead atoms. The van der Waals surface area contributed by atoms with E-state index in [1.165, 1.54) is 11.3 Å². The summed E-state index contributed by atoms with van der Waals surface area (Å²) in [5.74, 6) is 1.30. The fourth-order valence-electron chi connectivity index (χ4n) is 3.57. The number of aromatic nitrogens is 2. The summed E-state index contributed by atoms with van der Waals surface area (Å²) < 4.78 is 10.7. The molecule has 152 valence electrons. The van der Waals surface area contributed by atoms with Gasteiger partial charge in [-0.25, -0.2) is 4.98 Å². The average Bonchev–Trinajstić information content (AvgIpc) is 3.37. The zero-order valence-corrected chi connectivity index (χ0v) is 17.2. The molecule has 1 N–H and O–H groups in total. The minimum absolute atomic E-state index is 0.0728. The molecule has 2 aromatic heterocycles. The number of amides is 1. The van der Waals surface area contributed by atoms with Crippen molar-refractivity contribution in [3.05, 3.63) is 52.2 Å². The lowest BCUT2D eigenvalue weighted by Crippen LogP contribution is -2.47. The summed E-state index contributed by atoms with van der Waals surface area (Å²) in [5, 5.41) is 17.8. The molecule has 29 heavy (non-hydrogen) atoms. The molecule has 8 heteroatoms. The van der Waals surface area contributed by atoms with Gasteiger partial charge in [0.15, 0.2) is 0 Å². The Kier molecular flexibility index (Phi) is 5.38. The largest absolute Gasteiger partial charge is 0.497 e. The number of carbonyl (C=O) groups is 1. The van der Waals surface area contributed by atoms with Gasteiger partial charge in [0, 0.05) is 36.5 Å². The zero-order chi connectivity index (χ0) is 20.4. The lowest BCUT2D eigenvalue weighted by atomic mass is 9.87. The Balaban J connectivity index is 1.39. The second-order valence-corrected chi connectivity index (χ2v) is 8.42. The Morgan fingerprint density at radius 1 is 1.34 bits per heavy atom. The third-order valence-electron chi connectivity index (χ3n) is 5.25. The van der Waals surface area contributed by atoms with Gasteiger partial charge in [-0.3, -0.25) is 4.79 Å². The van der Waals surface area contributed by atoms with Crippen LogP contribution in [0.25, 0.3) is 11.3 Å². The first-order valence-corrected chi connectivity index (χ1v) is 10.4. The molecular formula is C21H23N3O4S. The van der Waals surface area contributed by atoms with Crippen LogP contribution in [-0.4, -0.2) is 51.9 Å². The molecule has 1 aromatic carbocycles. The van der Waals surface area contributed by atoms with Crippen LogP contribution in [0.2, 0.25) is 0 Å². The van der Waals surface area contributed by atoms with Gasteiger partial charge in [0.1, 0.15) is 22.9 Å². The highest BCUT2D eigenvalue weighted by atomic mass is 32.1. The first-order chi connectivity index (χ1) is 14.0. The molecule has 0 unspecified atom stereocenters. The number of aryl methyl sites for hydroxylation is 1. The second kappa shape index (κ2) is 7.96. The molecular weight excluding hydrogens is 390 g/mol. The minimum Gasteiger partial charge on any atom is -0.497 e. The summed E-state index contributed by atoms with van der Waals surface area (Å²) in [6.45, 7) is 2.86. The molecule has 1 saturated heterocycles. The lowest BCUT2D eigenvalue weighted by Gasteiger charge is -2.37. The number of methoxy groups -OCH3 is 1. The van der Waals surface area contributed by atoms with E-state index >= 15 is 0 Å². The minimum atomic E-state index is -0.917. The van der Waals surface area contributed by atoms with Crippen molar-refractivity contribution in [1.29, 1.82) is 0 Å². The van der Waals surface area contributed by atoms with Crippen LogP contribution in [-0.2, 0) is 6.42 Å². The van der Waals surface area contributed by atoms with E-state index in [0.717, 1.165) is 16.3 Å². The van der Waals surface area contributed by atoms with Crippen molar-refractivity contribution in [2.45, 2.75) is 31.8 Å². The third kappa shape index (κ3) is 4.33. The average molecular weight is 413 g/mol. The summed E-state index contributed by atoms with van der Waals surface area (Å²) in [5.41, 5.74) is 1.16. The van der Waals surface area contributed by atoms with Crippen molar-refractivity contribution < 1.29 is 19.2 Å². The Morgan fingerprint density at radius 3 is 2.83 bits per heavy atom. The van der Waals surface area contributed by atoms with E-state index in [9.17, 15) is 9.90 Å². The van der Waals surface area contributed by atoms with Gasteiger partial charge in [-0.05, 0) is 31.9 Å². The van der Waals surface area contributed by atoms with Gasteiger partial charge < -0.3 is 19.3 Å². The van der Waals surface area contributed by atoms with Crippen LogP contribution in [0.15, 0.2) is 40.2 Å². The van der Waals surface area contributed by atoms with E-state index < -0.39 is 5.60 Å². The monoisotopic (exact) mass is 413 g/mol. The first-order valence-electron chi connectivity index (χ1n) is 9.50. The number of aliphatic hydroxyl groups is 1. The zero-order valence-electron chi connectivity index (χ0n) is 16.4. The molecule has 1 amide bonds. The van der Waals surface area contributed by atoms with Crippen LogP contribution in [0.1, 0.15) is 34.1 Å². The van der Waals surface area contributed by atoms with Crippen LogP contribution in [0.4, 0.5) is 0 Å². The smallest absolute Gasteiger partial charge is 0.273 e. The molecule has 1 aliphatic rings. The molecule has 1 fully saturated rings. The molecule has 0 radical (unpaired) electrons. The van der Waals surface area contributed by atoms with E-state index in [2.05, 4.69) is 10.1 Å². The molecule has 0 saturated carbocycles. The SMILES string of the molecule is COc1cccc(-c2cc(CC3(O)CCN(C(=O)c4csc(C)n4)CC3)on2)c1. The predicted molar refractivity (Wildman–Crippen MR) is 109 cm³/mol. The van der Waals surface area contributed by atoms with Crippen molar-refractivity contribution >= 4 is 17.2 Å². The highest BCUT2D eigenvalue weighted by Gasteiger charge is 2.36. The van der Waals surface area contributed by atoms with Crippen molar-refractivity contribution in [2.24, 2.45) is 0 Å². The Hall–Kier alpha value is -2.71. The van der Waals surface area contributed by atoms with Gasteiger partial charge in [-0.1, -0.05) is 17.3 Å². The quantitative estimate of drug-likeness (QED) is 0.690. The molecule has 7 nitrogen and oxygen atoms in total. The number of ether oxygens (including phenoxy) is 1. The molecule has 4 rings (SSSR count). The van der Waals surface area contributed by atoms with Crippen LogP contribution in [0.5, 0.6) is 5.75 Å². The maximum absolute atomic E-state index is 12.5. The summed E-state index contributed by atoms with van der Waals surface area (Å²) in [6, 6.07) is 9.44. The highest BCUT2D eigenvalue weighted by molar-refractivity contribution is 7.09. The summed E-state index contributed by atoms with van der Waals surface area (Å²) >= 11 is 1.47. The highest BCUT2D eigenvalue weighted by Crippen LogP contribution is 2.30. The Labute approximate surface area is 172 Å². The fraction of sp³-hybridized carbons (Fsp3) is 0.381. The van der Waals surface area contributed by atoms with Crippen LogP contribution >= 0.6 is 11.3 Å². The van der Waals surface area contributed by atoms with Crippen LogP contribution in [0.3, 0.4) is 0 Å². The number of rotatable bonds is 5. The van der Waals surface area contributed by atoms with Gasteiger partial charge in [0.25, 0.3) is 5.91 Å². The number of carbonyl (C=O) groups excluding carboxylic acids is 1. The lowest BCUT2D eigenvalue weighted by molar-refractivity contribution is -0.0203. The summed E-state index contributed by atoms with van der Waals surface area (Å²) in [7, 11) is 1.62. The van der Waals surface area contributed by atoms with Gasteiger partial charge in [-0.2, -0.15) is 0 Å². The molecule has 3 heterocycles. The van der Waals surface area contributed by atoms with Crippen molar-refractivity contribution in [1.82, 2.24) is 15.0 Å². The maximum atomic E-state index is 12.5. The molecule has 0 atom stereocenters. The number of hydrogen-bond acceptors (Lipinski definition) is 7. The first kappa shape index (κ1) is 19.6. The third-order valence-corrected chi connectivity index (χ3v) is 6.02. The van der Waals surface area contributed by atoms with E-state index in [0.29, 0.717) is 49.5 Å². The van der Waals surface area contributed by atoms with Gasteiger partial charge in [0.2, 0.25) is 0 Å². The number of piperidine rings is 1. The van der Waals surface area contributed by atoms with Crippen LogP contribution < -0.4 is 4.74 Å². The van der Waals surface area contributed by atoms with Crippen LogP contribution in [0, 0.1) is 6.92 Å². The van der Waals surface area contributed by atoms with Crippen molar-refractivity contribution in [3.63, 3.8) is 0 Å². The van der Waals surface area contributed by atoms with E-state index in [-0.39, 0.29) is 5.91 Å². The van der Waals surface area contributed by atoms with Gasteiger partial charge in [-0.15, -0.1) is 11.3 Å². The maximum Gasteiger partial charge on any atom is 0.273 e. The van der Waals surface area contributed by atoms with Gasteiger partial charge in [0.05, 0.1) is 17.7 Å². The van der Waals surface area contributed by atoms with E-state index in [1.54, 1.807) is 17.4 Å². The van der Waals surface area contributed by atoms with Gasteiger partial charge >= 0.3 is 0 Å². The fourth-order valence-corrected chi connectivity index (χ4v) is 4.15. The standard InChI is InChI=1S/C21H23N3O4S/c1-14-22-19(13-29-14)20(25)24-8-6-21(26,7-9-24)12-17-11-18(23-28-17)15-4-3-5-16(10-15)27-2/h3-5,10-11,13,26H,6-9,12H2,1-2H3. The number of likely N-dealkylation sites (tertiary alicyclic amines) is 1. The molecule has 0 spiro atoms. The Morgan fingerprint density at radius 2 is 2.14 bits per heavy atom. The summed E-state index contributed by atoms with van der Waals surface area (Å²) in [4.78, 5) is 18.6. The molecule has 0 aliphatic carbocycles. The summed E-state index contributed by atoms with van der Waals surface area (Å²) in [6.07, 6.45) is 1.33. The topological polar surface area (TPSA) is 88.7 Å². The van der Waals surface area contributed by atoms with Crippen molar-refractivity contribution in [3.8, 4) is 17.0 Å². The van der Waals surface area contributed by atoms with E-state index in [1.807, 2.05) is 37.3 Å². The number of thiazole rings is 1. The normalized spacial score (nSPS) is 16.0. The van der Waals surface area contributed by atoms with E-state index in [4.69, 9.17) is 9.26 Å². The van der Waals surface area contributed by atoms with Crippen molar-refractivity contribution in [2.75, 3.05) is 20.2 Å². The Bertz CT molecular complexity index is 1000. The second-order valence-electron chi connectivity index (χ2n) is 7.36.